The van der Waals surface area contributed by atoms with E-state index in [1.165, 1.54) is 93.1 Å². The highest BCUT2D eigenvalue weighted by molar-refractivity contribution is 6.33. The van der Waals surface area contributed by atoms with Crippen molar-refractivity contribution in [2.75, 3.05) is 0 Å². The van der Waals surface area contributed by atoms with Crippen LogP contribution in [0.2, 0.25) is 0 Å². The number of hydrogen-bond donors (Lipinski definition) is 0. The summed E-state index contributed by atoms with van der Waals surface area (Å²) in [6.07, 6.45) is 0. The lowest BCUT2D eigenvalue weighted by molar-refractivity contribution is 1.18. The number of rotatable bonds is 2. The number of aromatic nitrogens is 3. The van der Waals surface area contributed by atoms with Gasteiger partial charge in [-0.25, -0.2) is 0 Å². The van der Waals surface area contributed by atoms with Crippen LogP contribution in [-0.4, -0.2) is 13.5 Å². The van der Waals surface area contributed by atoms with E-state index in [2.05, 4.69) is 165 Å². The van der Waals surface area contributed by atoms with Gasteiger partial charge in [0.1, 0.15) is 0 Å². The molecular formula is C42H25N3. The van der Waals surface area contributed by atoms with Gasteiger partial charge < -0.3 is 13.5 Å². The summed E-state index contributed by atoms with van der Waals surface area (Å²) in [5.74, 6) is 0. The predicted molar refractivity (Wildman–Crippen MR) is 190 cm³/mol. The van der Waals surface area contributed by atoms with Crippen LogP contribution < -0.4 is 0 Å². The lowest BCUT2D eigenvalue weighted by Crippen LogP contribution is -1.97. The standard InChI is InChI=1S/C42H25N3/c1-2-12-26(13-3-1)43-35-22-9-6-16-31(35)39-36(43)24-25-37-40(39)32-19-10-17-29-30-18-11-23-38(42(30)45(37)41(29)32)44-33-20-7-4-14-27(33)28-15-5-8-21-34(28)44/h1-25H. The first-order valence-corrected chi connectivity index (χ1v) is 15.6. The third-order valence-electron chi connectivity index (χ3n) is 9.95. The molecule has 4 heterocycles. The summed E-state index contributed by atoms with van der Waals surface area (Å²) in [7, 11) is 0. The normalized spacial score (nSPS) is 12.4. The smallest absolute Gasteiger partial charge is 0.0782 e. The van der Waals surface area contributed by atoms with Crippen molar-refractivity contribution >= 4 is 81.7 Å². The zero-order valence-electron chi connectivity index (χ0n) is 24.3. The second kappa shape index (κ2) is 8.31. The molecule has 208 valence electrons. The molecule has 0 aliphatic heterocycles. The van der Waals surface area contributed by atoms with Crippen molar-refractivity contribution in [2.45, 2.75) is 0 Å². The molecule has 3 heteroatoms. The van der Waals surface area contributed by atoms with Crippen LogP contribution in [0.15, 0.2) is 152 Å². The fourth-order valence-corrected chi connectivity index (χ4v) is 8.27. The van der Waals surface area contributed by atoms with Gasteiger partial charge in [-0.05, 0) is 48.5 Å². The van der Waals surface area contributed by atoms with Crippen LogP contribution in [0.3, 0.4) is 0 Å². The number of benzene rings is 7. The average Bonchev–Trinajstić information content (AvgIpc) is 3.82. The van der Waals surface area contributed by atoms with Gasteiger partial charge in [0.15, 0.2) is 0 Å². The largest absolute Gasteiger partial charge is 0.309 e. The third-order valence-corrected chi connectivity index (χ3v) is 9.95. The molecule has 0 aliphatic carbocycles. The monoisotopic (exact) mass is 571 g/mol. The van der Waals surface area contributed by atoms with Crippen LogP contribution in [0.5, 0.6) is 0 Å². The molecule has 0 unspecified atom stereocenters. The Hall–Kier alpha value is -6.06. The molecule has 7 aromatic carbocycles. The van der Waals surface area contributed by atoms with Gasteiger partial charge >= 0.3 is 0 Å². The lowest BCUT2D eigenvalue weighted by atomic mass is 10.0. The van der Waals surface area contributed by atoms with Crippen molar-refractivity contribution in [3.05, 3.63) is 152 Å². The molecule has 0 bridgehead atoms. The van der Waals surface area contributed by atoms with Crippen molar-refractivity contribution < 1.29 is 0 Å². The van der Waals surface area contributed by atoms with Crippen molar-refractivity contribution in [2.24, 2.45) is 0 Å². The summed E-state index contributed by atoms with van der Waals surface area (Å²) in [4.78, 5) is 0. The summed E-state index contributed by atoms with van der Waals surface area (Å²) >= 11 is 0. The SMILES string of the molecule is c1ccc(-n2c3ccccc3c3c4c5cccc6c7cccc(-n8c9ccccc9c9ccccc98)c7n(c4ccc32)c65)cc1. The molecular weight excluding hydrogens is 546 g/mol. The molecule has 0 atom stereocenters. The second-order valence-corrected chi connectivity index (χ2v) is 12.1. The summed E-state index contributed by atoms with van der Waals surface area (Å²) in [5.41, 5.74) is 11.1. The Labute approximate surface area is 257 Å². The van der Waals surface area contributed by atoms with Gasteiger partial charge in [-0.3, -0.25) is 0 Å². The quantitative estimate of drug-likeness (QED) is 0.196. The molecule has 0 aliphatic rings. The van der Waals surface area contributed by atoms with E-state index in [1.807, 2.05) is 0 Å². The first-order valence-electron chi connectivity index (χ1n) is 15.6. The molecule has 0 amide bonds. The van der Waals surface area contributed by atoms with E-state index < -0.39 is 0 Å². The van der Waals surface area contributed by atoms with Crippen LogP contribution in [0.25, 0.3) is 93.1 Å². The van der Waals surface area contributed by atoms with Crippen molar-refractivity contribution in [3.63, 3.8) is 0 Å². The fraction of sp³-hybridized carbons (Fsp3) is 0. The van der Waals surface area contributed by atoms with Crippen molar-refractivity contribution in [3.8, 4) is 11.4 Å². The predicted octanol–water partition coefficient (Wildman–Crippen LogP) is 11.0. The van der Waals surface area contributed by atoms with Crippen molar-refractivity contribution in [1.82, 2.24) is 13.5 Å². The van der Waals surface area contributed by atoms with E-state index in [9.17, 15) is 0 Å². The van der Waals surface area contributed by atoms with Crippen LogP contribution in [0.1, 0.15) is 0 Å². The minimum atomic E-state index is 1.18. The van der Waals surface area contributed by atoms with E-state index in [0.717, 1.165) is 0 Å². The van der Waals surface area contributed by atoms with E-state index in [-0.39, 0.29) is 0 Å². The molecule has 0 fully saturated rings. The molecule has 0 saturated heterocycles. The highest BCUT2D eigenvalue weighted by Gasteiger charge is 2.24. The Balaban J connectivity index is 1.37. The van der Waals surface area contributed by atoms with E-state index in [4.69, 9.17) is 0 Å². The minimum absolute atomic E-state index is 1.18. The van der Waals surface area contributed by atoms with E-state index in [0.29, 0.717) is 0 Å². The van der Waals surface area contributed by atoms with Gasteiger partial charge in [-0.1, -0.05) is 103 Å². The van der Waals surface area contributed by atoms with Gasteiger partial charge in [-0.2, -0.15) is 0 Å². The minimum Gasteiger partial charge on any atom is -0.309 e. The van der Waals surface area contributed by atoms with Crippen LogP contribution in [0, 0.1) is 0 Å². The summed E-state index contributed by atoms with van der Waals surface area (Å²) in [6, 6.07) is 55.5. The Morgan fingerprint density at radius 1 is 0.289 bits per heavy atom. The number of para-hydroxylation sites is 6. The Kier molecular flexibility index (Phi) is 4.32. The van der Waals surface area contributed by atoms with Gasteiger partial charge in [0, 0.05) is 48.8 Å². The molecule has 4 aromatic heterocycles. The zero-order valence-corrected chi connectivity index (χ0v) is 24.3. The molecule has 0 spiro atoms. The molecule has 45 heavy (non-hydrogen) atoms. The van der Waals surface area contributed by atoms with Gasteiger partial charge in [-0.15, -0.1) is 0 Å². The molecule has 11 rings (SSSR count). The summed E-state index contributed by atoms with van der Waals surface area (Å²) < 4.78 is 7.43. The Morgan fingerprint density at radius 3 is 1.53 bits per heavy atom. The summed E-state index contributed by atoms with van der Waals surface area (Å²) in [5, 5.41) is 10.3. The molecule has 0 N–H and O–H groups in total. The van der Waals surface area contributed by atoms with Crippen LogP contribution in [-0.2, 0) is 0 Å². The van der Waals surface area contributed by atoms with Gasteiger partial charge in [0.05, 0.1) is 44.3 Å². The average molecular weight is 572 g/mol. The second-order valence-electron chi connectivity index (χ2n) is 12.1. The summed E-state index contributed by atoms with van der Waals surface area (Å²) in [6.45, 7) is 0. The maximum Gasteiger partial charge on any atom is 0.0782 e. The third kappa shape index (κ3) is 2.82. The molecule has 0 radical (unpaired) electrons. The van der Waals surface area contributed by atoms with Crippen molar-refractivity contribution in [1.29, 1.82) is 0 Å². The highest BCUT2D eigenvalue weighted by Crippen LogP contribution is 2.46. The van der Waals surface area contributed by atoms with Crippen LogP contribution >= 0.6 is 0 Å². The molecule has 3 nitrogen and oxygen atoms in total. The molecule has 0 saturated carbocycles. The highest BCUT2D eigenvalue weighted by atomic mass is 15.0. The fourth-order valence-electron chi connectivity index (χ4n) is 8.27. The molecule has 11 aromatic rings. The van der Waals surface area contributed by atoms with Gasteiger partial charge in [0.2, 0.25) is 0 Å². The number of nitrogens with zero attached hydrogens (tertiary/aromatic N) is 3. The Bertz CT molecular complexity index is 2920. The topological polar surface area (TPSA) is 14.3 Å². The maximum atomic E-state index is 2.54. The lowest BCUT2D eigenvalue weighted by Gasteiger charge is -2.11. The first-order chi connectivity index (χ1) is 22.4. The number of hydrogen-bond acceptors (Lipinski definition) is 0. The number of fused-ring (bicyclic) bond motifs is 13. The van der Waals surface area contributed by atoms with E-state index >= 15 is 0 Å². The zero-order chi connectivity index (χ0) is 29.2. The maximum absolute atomic E-state index is 2.54. The Morgan fingerprint density at radius 2 is 0.800 bits per heavy atom. The van der Waals surface area contributed by atoms with Crippen LogP contribution in [0.4, 0.5) is 0 Å². The first kappa shape index (κ1) is 23.4. The van der Waals surface area contributed by atoms with E-state index in [1.54, 1.807) is 0 Å². The van der Waals surface area contributed by atoms with Gasteiger partial charge in [0.25, 0.3) is 0 Å².